The van der Waals surface area contributed by atoms with Crippen LogP contribution in [0.1, 0.15) is 30.8 Å². The van der Waals surface area contributed by atoms with Gasteiger partial charge in [-0.2, -0.15) is 0 Å². The molecule has 0 saturated heterocycles. The highest BCUT2D eigenvalue weighted by Crippen LogP contribution is 2.20. The molecule has 0 aliphatic heterocycles. The molecule has 0 spiro atoms. The highest BCUT2D eigenvalue weighted by atomic mass is 15.1. The number of hydrogen-bond donors (Lipinski definition) is 2. The Balaban J connectivity index is 2.26. The van der Waals surface area contributed by atoms with Crippen molar-refractivity contribution in [1.29, 1.82) is 0 Å². The maximum absolute atomic E-state index is 4.43. The van der Waals surface area contributed by atoms with Crippen LogP contribution in [0.4, 0.5) is 17.3 Å². The van der Waals surface area contributed by atoms with Crippen molar-refractivity contribution in [3.8, 4) is 0 Å². The lowest BCUT2D eigenvalue weighted by atomic mass is 10.1. The van der Waals surface area contributed by atoms with Gasteiger partial charge in [0.05, 0.1) is 0 Å². The molecule has 2 N–H and O–H groups in total. The average Bonchev–Trinajstić information content (AvgIpc) is 2.24. The lowest BCUT2D eigenvalue weighted by molar-refractivity contribution is 0.881. The summed E-state index contributed by atoms with van der Waals surface area (Å²) in [4.78, 5) is 8.82. The van der Waals surface area contributed by atoms with Gasteiger partial charge in [0.1, 0.15) is 17.5 Å². The Bertz CT molecular complexity index is 585. The Morgan fingerprint density at radius 2 is 1.45 bits per heavy atom. The molecule has 0 saturated carbocycles. The summed E-state index contributed by atoms with van der Waals surface area (Å²) >= 11 is 0. The van der Waals surface area contributed by atoms with Crippen molar-refractivity contribution in [2.75, 3.05) is 10.6 Å². The summed E-state index contributed by atoms with van der Waals surface area (Å²) in [5.74, 6) is 2.41. The van der Waals surface area contributed by atoms with E-state index in [0.717, 1.165) is 23.1 Å². The first-order valence-electron chi connectivity index (χ1n) is 6.90. The fourth-order valence-corrected chi connectivity index (χ4v) is 2.20. The van der Waals surface area contributed by atoms with Crippen LogP contribution >= 0.6 is 0 Å². The van der Waals surface area contributed by atoms with E-state index in [1.165, 1.54) is 11.1 Å². The van der Waals surface area contributed by atoms with Crippen LogP contribution in [0.25, 0.3) is 0 Å². The second kappa shape index (κ2) is 5.90. The molecule has 0 aliphatic carbocycles. The van der Waals surface area contributed by atoms with Gasteiger partial charge in [-0.3, -0.25) is 0 Å². The first-order chi connectivity index (χ1) is 9.42. The predicted octanol–water partition coefficient (Wildman–Crippen LogP) is 3.97. The summed E-state index contributed by atoms with van der Waals surface area (Å²) in [5.41, 5.74) is 3.52. The van der Waals surface area contributed by atoms with Crippen LogP contribution in [-0.2, 0) is 0 Å². The Kier molecular flexibility index (Phi) is 4.23. The van der Waals surface area contributed by atoms with E-state index in [4.69, 9.17) is 0 Å². The molecule has 1 aromatic heterocycles. The van der Waals surface area contributed by atoms with Gasteiger partial charge in [0, 0.05) is 17.8 Å². The molecule has 4 heteroatoms. The van der Waals surface area contributed by atoms with E-state index >= 15 is 0 Å². The minimum atomic E-state index is 0.346. The van der Waals surface area contributed by atoms with Crippen molar-refractivity contribution in [3.05, 3.63) is 41.2 Å². The van der Waals surface area contributed by atoms with E-state index in [-0.39, 0.29) is 0 Å². The molecule has 2 rings (SSSR count). The van der Waals surface area contributed by atoms with Crippen molar-refractivity contribution in [3.63, 3.8) is 0 Å². The number of aryl methyl sites for hydroxylation is 3. The van der Waals surface area contributed by atoms with Gasteiger partial charge < -0.3 is 10.6 Å². The molecule has 0 bridgehead atoms. The summed E-state index contributed by atoms with van der Waals surface area (Å²) < 4.78 is 0. The fraction of sp³-hybridized carbons (Fsp3) is 0.375. The van der Waals surface area contributed by atoms with Gasteiger partial charge in [0.25, 0.3) is 0 Å². The number of aromatic nitrogens is 2. The summed E-state index contributed by atoms with van der Waals surface area (Å²) in [6.45, 7) is 10.3. The zero-order valence-corrected chi connectivity index (χ0v) is 12.8. The van der Waals surface area contributed by atoms with E-state index in [1.807, 2.05) is 13.0 Å². The minimum Gasteiger partial charge on any atom is -0.368 e. The Labute approximate surface area is 120 Å². The van der Waals surface area contributed by atoms with Crippen molar-refractivity contribution in [2.45, 2.75) is 40.7 Å². The molecule has 0 aliphatic rings. The summed E-state index contributed by atoms with van der Waals surface area (Å²) in [7, 11) is 0. The molecule has 0 unspecified atom stereocenters. The highest BCUT2D eigenvalue weighted by molar-refractivity contribution is 5.60. The van der Waals surface area contributed by atoms with Crippen LogP contribution in [0.5, 0.6) is 0 Å². The normalized spacial score (nSPS) is 10.7. The van der Waals surface area contributed by atoms with Crippen LogP contribution in [0.2, 0.25) is 0 Å². The van der Waals surface area contributed by atoms with Crippen LogP contribution in [0.3, 0.4) is 0 Å². The van der Waals surface area contributed by atoms with Crippen molar-refractivity contribution >= 4 is 17.3 Å². The smallest absolute Gasteiger partial charge is 0.136 e. The highest BCUT2D eigenvalue weighted by Gasteiger charge is 2.04. The molecule has 106 valence electrons. The summed E-state index contributed by atoms with van der Waals surface area (Å²) in [6.07, 6.45) is 0. The minimum absolute atomic E-state index is 0.346. The lowest BCUT2D eigenvalue weighted by Crippen LogP contribution is -2.12. The molecule has 2 aromatic rings. The molecule has 0 radical (unpaired) electrons. The molecule has 1 heterocycles. The van der Waals surface area contributed by atoms with E-state index in [0.29, 0.717) is 6.04 Å². The van der Waals surface area contributed by atoms with Crippen LogP contribution in [0.15, 0.2) is 24.3 Å². The van der Waals surface area contributed by atoms with Crippen LogP contribution in [-0.4, -0.2) is 16.0 Å². The maximum atomic E-state index is 4.43. The summed E-state index contributed by atoms with van der Waals surface area (Å²) in [6, 6.07) is 8.66. The zero-order valence-electron chi connectivity index (χ0n) is 12.8. The average molecular weight is 270 g/mol. The molecular formula is C16H22N4. The zero-order chi connectivity index (χ0) is 14.7. The van der Waals surface area contributed by atoms with E-state index in [1.54, 1.807) is 0 Å². The number of benzene rings is 1. The second-order valence-electron chi connectivity index (χ2n) is 5.49. The number of nitrogens with one attached hydrogen (secondary N) is 2. The number of nitrogens with zero attached hydrogens (tertiary/aromatic N) is 2. The molecule has 20 heavy (non-hydrogen) atoms. The lowest BCUT2D eigenvalue weighted by Gasteiger charge is -2.12. The van der Waals surface area contributed by atoms with Gasteiger partial charge in [-0.15, -0.1) is 0 Å². The third-order valence-corrected chi connectivity index (χ3v) is 2.77. The maximum Gasteiger partial charge on any atom is 0.136 e. The molecule has 0 atom stereocenters. The largest absolute Gasteiger partial charge is 0.368 e. The van der Waals surface area contributed by atoms with Gasteiger partial charge in [-0.25, -0.2) is 9.97 Å². The van der Waals surface area contributed by atoms with Crippen molar-refractivity contribution in [1.82, 2.24) is 9.97 Å². The first kappa shape index (κ1) is 14.3. The predicted molar refractivity (Wildman–Crippen MR) is 84.7 cm³/mol. The molecule has 1 aromatic carbocycles. The van der Waals surface area contributed by atoms with Gasteiger partial charge in [-0.05, 0) is 57.9 Å². The Morgan fingerprint density at radius 3 is 2.05 bits per heavy atom. The van der Waals surface area contributed by atoms with E-state index in [2.05, 4.69) is 66.5 Å². The van der Waals surface area contributed by atoms with E-state index < -0.39 is 0 Å². The van der Waals surface area contributed by atoms with Crippen molar-refractivity contribution in [2.24, 2.45) is 0 Å². The quantitative estimate of drug-likeness (QED) is 0.882. The molecule has 0 fully saturated rings. The van der Waals surface area contributed by atoms with Gasteiger partial charge in [0.2, 0.25) is 0 Å². The fourth-order valence-electron chi connectivity index (χ4n) is 2.20. The van der Waals surface area contributed by atoms with Crippen LogP contribution in [0, 0.1) is 20.8 Å². The van der Waals surface area contributed by atoms with Gasteiger partial charge >= 0.3 is 0 Å². The second-order valence-corrected chi connectivity index (χ2v) is 5.49. The third-order valence-electron chi connectivity index (χ3n) is 2.77. The number of anilines is 3. The Hall–Kier alpha value is -2.10. The number of hydrogen-bond acceptors (Lipinski definition) is 4. The van der Waals surface area contributed by atoms with Crippen LogP contribution < -0.4 is 10.6 Å². The molecular weight excluding hydrogens is 248 g/mol. The topological polar surface area (TPSA) is 49.8 Å². The first-order valence-corrected chi connectivity index (χ1v) is 6.90. The van der Waals surface area contributed by atoms with Gasteiger partial charge in [0.15, 0.2) is 0 Å². The molecule has 0 amide bonds. The SMILES string of the molecule is Cc1cc(C)cc(Nc2cc(NC(C)C)nc(C)n2)c1. The van der Waals surface area contributed by atoms with Crippen molar-refractivity contribution < 1.29 is 0 Å². The standard InChI is InChI=1S/C16H22N4/c1-10(2)17-15-9-16(19-13(5)18-15)20-14-7-11(3)6-12(4)8-14/h6-10H,1-5H3,(H2,17,18,19,20). The Morgan fingerprint density at radius 1 is 0.850 bits per heavy atom. The summed E-state index contributed by atoms with van der Waals surface area (Å²) in [5, 5.41) is 6.65. The monoisotopic (exact) mass is 270 g/mol. The van der Waals surface area contributed by atoms with Gasteiger partial charge in [-0.1, -0.05) is 6.07 Å². The van der Waals surface area contributed by atoms with E-state index in [9.17, 15) is 0 Å². The number of rotatable bonds is 4. The third kappa shape index (κ3) is 3.95. The molecule has 4 nitrogen and oxygen atoms in total.